The molecule has 0 spiro atoms. The van der Waals surface area contributed by atoms with Crippen LogP contribution in [-0.4, -0.2) is 16.0 Å². The highest BCUT2D eigenvalue weighted by molar-refractivity contribution is 5.93. The highest BCUT2D eigenvalue weighted by Crippen LogP contribution is 2.37. The van der Waals surface area contributed by atoms with E-state index >= 15 is 0 Å². The van der Waals surface area contributed by atoms with Gasteiger partial charge in [0.1, 0.15) is 11.4 Å². The molecule has 1 amide bonds. The number of nitrogens with one attached hydrogen (secondary N) is 1. The van der Waals surface area contributed by atoms with Gasteiger partial charge in [0.2, 0.25) is 17.7 Å². The van der Waals surface area contributed by atoms with Crippen molar-refractivity contribution in [1.29, 1.82) is 0 Å². The number of amides is 1. The predicted molar refractivity (Wildman–Crippen MR) is 123 cm³/mol. The first kappa shape index (κ1) is 20.4. The van der Waals surface area contributed by atoms with Crippen LogP contribution in [0.5, 0.6) is 5.75 Å². The lowest BCUT2D eigenvalue weighted by Crippen LogP contribution is -2.11. The molecule has 2 N–H and O–H groups in total. The molecule has 3 aromatic carbocycles. The fourth-order valence-electron chi connectivity index (χ4n) is 3.43. The van der Waals surface area contributed by atoms with E-state index < -0.39 is 0 Å². The number of hydrogen-bond acceptors (Lipinski definition) is 4. The third-order valence-electron chi connectivity index (χ3n) is 5.00. The van der Waals surface area contributed by atoms with Gasteiger partial charge in [-0.2, -0.15) is 0 Å². The van der Waals surface area contributed by atoms with Gasteiger partial charge in [0.25, 0.3) is 0 Å². The molecule has 0 aliphatic carbocycles. The number of phenolic OH excluding ortho intramolecular Hbond substituents is 1. The molecule has 0 unspecified atom stereocenters. The van der Waals surface area contributed by atoms with Crippen LogP contribution in [0, 0.1) is 0 Å². The number of phenols is 1. The number of anilines is 1. The first-order valence-electron chi connectivity index (χ1n) is 10.4. The minimum atomic E-state index is -0.0944. The normalized spacial score (nSPS) is 10.7. The smallest absolute Gasteiger partial charge is 0.229 e. The zero-order chi connectivity index (χ0) is 21.6. The lowest BCUT2D eigenvalue weighted by molar-refractivity contribution is -0.116. The Morgan fingerprint density at radius 1 is 0.935 bits per heavy atom. The van der Waals surface area contributed by atoms with Crippen LogP contribution in [-0.2, 0) is 4.79 Å². The first-order valence-corrected chi connectivity index (χ1v) is 10.4. The molecule has 5 nitrogen and oxygen atoms in total. The molecule has 0 saturated heterocycles. The quantitative estimate of drug-likeness (QED) is 0.363. The first-order chi connectivity index (χ1) is 15.2. The Labute approximate surface area is 181 Å². The van der Waals surface area contributed by atoms with Crippen LogP contribution in [0.4, 0.5) is 5.88 Å². The molecular formula is C26H24N2O3. The summed E-state index contributed by atoms with van der Waals surface area (Å²) in [5.74, 6) is 0.841. The summed E-state index contributed by atoms with van der Waals surface area (Å²) in [5.41, 5.74) is 3.95. The molecule has 0 radical (unpaired) electrons. The van der Waals surface area contributed by atoms with Gasteiger partial charge in [-0.15, -0.1) is 0 Å². The minimum absolute atomic E-state index is 0.0944. The summed E-state index contributed by atoms with van der Waals surface area (Å²) in [6.45, 7) is 2.05. The van der Waals surface area contributed by atoms with Gasteiger partial charge in [0.15, 0.2) is 0 Å². The molecule has 0 atom stereocenters. The molecule has 1 heterocycles. The fourth-order valence-corrected chi connectivity index (χ4v) is 3.43. The van der Waals surface area contributed by atoms with E-state index in [4.69, 9.17) is 9.40 Å². The van der Waals surface area contributed by atoms with Crippen molar-refractivity contribution in [3.63, 3.8) is 0 Å². The number of oxazole rings is 1. The maximum absolute atomic E-state index is 12.4. The summed E-state index contributed by atoms with van der Waals surface area (Å²) in [4.78, 5) is 17.1. The van der Waals surface area contributed by atoms with Crippen LogP contribution >= 0.6 is 0 Å². The van der Waals surface area contributed by atoms with E-state index in [-0.39, 0.29) is 11.7 Å². The summed E-state index contributed by atoms with van der Waals surface area (Å²) in [7, 11) is 0. The molecule has 5 heteroatoms. The largest absolute Gasteiger partial charge is 0.508 e. The summed E-state index contributed by atoms with van der Waals surface area (Å²) >= 11 is 0. The molecule has 1 aromatic heterocycles. The van der Waals surface area contributed by atoms with Crippen LogP contribution in [0.1, 0.15) is 26.2 Å². The lowest BCUT2D eigenvalue weighted by atomic mass is 9.99. The number of unbranched alkanes of at least 4 members (excludes halogenated alkanes) is 1. The molecule has 0 fully saturated rings. The van der Waals surface area contributed by atoms with Gasteiger partial charge in [-0.05, 0) is 35.7 Å². The molecule has 31 heavy (non-hydrogen) atoms. The summed E-state index contributed by atoms with van der Waals surface area (Å²) < 4.78 is 6.09. The third kappa shape index (κ3) is 4.67. The van der Waals surface area contributed by atoms with Crippen LogP contribution in [0.3, 0.4) is 0 Å². The Bertz CT molecular complexity index is 1180. The number of carbonyl (C=O) groups excluding carboxylic acids is 1. The maximum Gasteiger partial charge on any atom is 0.229 e. The van der Waals surface area contributed by atoms with Crippen molar-refractivity contribution in [3.05, 3.63) is 78.9 Å². The van der Waals surface area contributed by atoms with Crippen molar-refractivity contribution in [1.82, 2.24) is 4.98 Å². The summed E-state index contributed by atoms with van der Waals surface area (Å²) in [5, 5.41) is 12.8. The van der Waals surface area contributed by atoms with Crippen LogP contribution in [0.2, 0.25) is 0 Å². The standard InChI is InChI=1S/C26H24N2O3/c1-2-3-16-23(30)27-26-24(18-10-5-4-6-11-18)28-25(31-26)22-15-8-7-14-21(22)19-12-9-13-20(29)17-19/h4-15,17,29H,2-3,16H2,1H3,(H,27,30). The number of hydrogen-bond donors (Lipinski definition) is 2. The fraction of sp³-hybridized carbons (Fsp3) is 0.154. The van der Waals surface area contributed by atoms with Crippen molar-refractivity contribution in [2.75, 3.05) is 5.32 Å². The predicted octanol–water partition coefficient (Wildman–Crippen LogP) is 6.51. The lowest BCUT2D eigenvalue weighted by Gasteiger charge is -2.07. The summed E-state index contributed by atoms with van der Waals surface area (Å²) in [6.07, 6.45) is 2.19. The molecule has 0 saturated carbocycles. The van der Waals surface area contributed by atoms with Crippen molar-refractivity contribution in [2.24, 2.45) is 0 Å². The summed E-state index contributed by atoms with van der Waals surface area (Å²) in [6, 6.07) is 24.4. The number of carbonyl (C=O) groups is 1. The van der Waals surface area contributed by atoms with Crippen LogP contribution < -0.4 is 5.32 Å². The van der Waals surface area contributed by atoms with Gasteiger partial charge in [-0.1, -0.05) is 74.0 Å². The van der Waals surface area contributed by atoms with Gasteiger partial charge in [0.05, 0.1) is 0 Å². The zero-order valence-corrected chi connectivity index (χ0v) is 17.3. The van der Waals surface area contributed by atoms with E-state index in [0.29, 0.717) is 23.9 Å². The average molecular weight is 412 g/mol. The average Bonchev–Trinajstić information content (AvgIpc) is 3.22. The monoisotopic (exact) mass is 412 g/mol. The number of aromatic hydroxyl groups is 1. The molecule has 4 aromatic rings. The Hall–Kier alpha value is -3.86. The van der Waals surface area contributed by atoms with Crippen LogP contribution in [0.25, 0.3) is 33.8 Å². The number of benzene rings is 3. The zero-order valence-electron chi connectivity index (χ0n) is 17.3. The van der Waals surface area contributed by atoms with E-state index in [1.807, 2.05) is 67.6 Å². The third-order valence-corrected chi connectivity index (χ3v) is 5.00. The van der Waals surface area contributed by atoms with Crippen LogP contribution in [0.15, 0.2) is 83.3 Å². The molecule has 0 aliphatic rings. The van der Waals surface area contributed by atoms with Gasteiger partial charge >= 0.3 is 0 Å². The second-order valence-corrected chi connectivity index (χ2v) is 7.31. The highest BCUT2D eigenvalue weighted by Gasteiger charge is 2.20. The van der Waals surface area contributed by atoms with E-state index in [2.05, 4.69) is 5.32 Å². The van der Waals surface area contributed by atoms with Crippen molar-refractivity contribution in [2.45, 2.75) is 26.2 Å². The maximum atomic E-state index is 12.4. The van der Waals surface area contributed by atoms with E-state index in [9.17, 15) is 9.90 Å². The topological polar surface area (TPSA) is 75.4 Å². The molecule has 0 aliphatic heterocycles. The SMILES string of the molecule is CCCCC(=O)Nc1oc(-c2ccccc2-c2cccc(O)c2)nc1-c1ccccc1. The Morgan fingerprint density at radius 2 is 1.65 bits per heavy atom. The second-order valence-electron chi connectivity index (χ2n) is 7.31. The molecule has 0 bridgehead atoms. The van der Waals surface area contributed by atoms with E-state index in [1.54, 1.807) is 18.2 Å². The minimum Gasteiger partial charge on any atom is -0.508 e. The van der Waals surface area contributed by atoms with Gasteiger partial charge < -0.3 is 9.52 Å². The Balaban J connectivity index is 1.79. The van der Waals surface area contributed by atoms with Crippen molar-refractivity contribution >= 4 is 11.8 Å². The van der Waals surface area contributed by atoms with Crippen molar-refractivity contribution < 1.29 is 14.3 Å². The molecule has 4 rings (SSSR count). The Kier molecular flexibility index (Phi) is 6.13. The van der Waals surface area contributed by atoms with Gasteiger partial charge in [-0.3, -0.25) is 10.1 Å². The van der Waals surface area contributed by atoms with E-state index in [1.165, 1.54) is 0 Å². The second kappa shape index (κ2) is 9.30. The van der Waals surface area contributed by atoms with Gasteiger partial charge in [0, 0.05) is 17.5 Å². The van der Waals surface area contributed by atoms with Crippen molar-refractivity contribution in [3.8, 4) is 39.6 Å². The molecule has 156 valence electrons. The van der Waals surface area contributed by atoms with Gasteiger partial charge in [-0.25, -0.2) is 4.98 Å². The number of rotatable bonds is 7. The highest BCUT2D eigenvalue weighted by atomic mass is 16.4. The Morgan fingerprint density at radius 3 is 2.39 bits per heavy atom. The van der Waals surface area contributed by atoms with E-state index in [0.717, 1.165) is 35.1 Å². The number of nitrogens with zero attached hydrogens (tertiary/aromatic N) is 1. The molecular weight excluding hydrogens is 388 g/mol. The number of aromatic nitrogens is 1.